The Morgan fingerprint density at radius 1 is 1.07 bits per heavy atom. The lowest BCUT2D eigenvalue weighted by molar-refractivity contribution is -0.384. The summed E-state index contributed by atoms with van der Waals surface area (Å²) in [5.41, 5.74) is 2.78. The van der Waals surface area contributed by atoms with E-state index in [0.29, 0.717) is 29.2 Å². The summed E-state index contributed by atoms with van der Waals surface area (Å²) in [5, 5.41) is 18.3. The first-order valence-corrected chi connectivity index (χ1v) is 16.0. The largest absolute Gasteiger partial charge is 0.462 e. The molecule has 0 saturated heterocycles. The number of nitro groups is 1. The number of anilines is 1. The number of non-ortho nitro benzene ring substituents is 1. The van der Waals surface area contributed by atoms with Crippen LogP contribution in [0.4, 0.5) is 10.7 Å². The van der Waals surface area contributed by atoms with Crippen molar-refractivity contribution in [2.75, 3.05) is 24.2 Å². The van der Waals surface area contributed by atoms with Gasteiger partial charge in [0.1, 0.15) is 5.00 Å². The van der Waals surface area contributed by atoms with Gasteiger partial charge in [-0.15, -0.1) is 23.1 Å². The van der Waals surface area contributed by atoms with Crippen molar-refractivity contribution in [3.8, 4) is 0 Å². The molecule has 0 spiro atoms. The summed E-state index contributed by atoms with van der Waals surface area (Å²) in [6.07, 6.45) is 6.91. The second kappa shape index (κ2) is 13.9. The van der Waals surface area contributed by atoms with Gasteiger partial charge < -0.3 is 19.9 Å². The van der Waals surface area contributed by atoms with E-state index in [0.717, 1.165) is 58.3 Å². The molecule has 2 aromatic carbocycles. The van der Waals surface area contributed by atoms with Crippen molar-refractivity contribution in [2.24, 2.45) is 0 Å². The third-order valence-electron chi connectivity index (χ3n) is 7.24. The average Bonchev–Trinajstić information content (AvgIpc) is 3.43. The van der Waals surface area contributed by atoms with E-state index in [1.54, 1.807) is 6.92 Å². The molecule has 0 atom stereocenters. The topological polar surface area (TPSA) is 133 Å². The van der Waals surface area contributed by atoms with E-state index in [4.69, 9.17) is 4.74 Å². The molecule has 1 aliphatic carbocycles. The number of hydrogen-bond donors (Lipinski definition) is 2. The summed E-state index contributed by atoms with van der Waals surface area (Å²) < 4.78 is 7.37. The molecule has 2 amide bonds. The van der Waals surface area contributed by atoms with Gasteiger partial charge in [0.05, 0.1) is 22.8 Å². The molecular formula is C31H32N4O6S2. The van der Waals surface area contributed by atoms with Crippen molar-refractivity contribution >= 4 is 62.5 Å². The van der Waals surface area contributed by atoms with E-state index >= 15 is 0 Å². The number of para-hydroxylation sites is 1. The van der Waals surface area contributed by atoms with Crippen LogP contribution in [-0.2, 0) is 28.9 Å². The number of carbonyl (C=O) groups is 3. The molecule has 43 heavy (non-hydrogen) atoms. The quantitative estimate of drug-likeness (QED) is 0.0669. The van der Waals surface area contributed by atoms with Gasteiger partial charge in [-0.2, -0.15) is 0 Å². The number of amides is 2. The third-order valence-corrected chi connectivity index (χ3v) is 9.49. The number of fused-ring (bicyclic) bond motifs is 2. The van der Waals surface area contributed by atoms with E-state index in [1.807, 2.05) is 35.0 Å². The van der Waals surface area contributed by atoms with Crippen molar-refractivity contribution in [1.82, 2.24) is 9.88 Å². The number of thiophene rings is 1. The van der Waals surface area contributed by atoms with Crippen LogP contribution in [-0.4, -0.2) is 46.2 Å². The molecule has 5 rings (SSSR count). The zero-order valence-corrected chi connectivity index (χ0v) is 25.4. The number of benzene rings is 2. The minimum atomic E-state index is -0.505. The molecule has 10 nitrogen and oxygen atoms in total. The van der Waals surface area contributed by atoms with Crippen LogP contribution in [0, 0.1) is 10.1 Å². The highest BCUT2D eigenvalue weighted by molar-refractivity contribution is 8.00. The molecule has 12 heteroatoms. The number of esters is 1. The number of ether oxygens (including phenoxy) is 1. The number of aromatic nitrogens is 1. The van der Waals surface area contributed by atoms with E-state index in [2.05, 4.69) is 10.6 Å². The van der Waals surface area contributed by atoms with Crippen LogP contribution in [0.25, 0.3) is 10.9 Å². The molecule has 2 N–H and O–H groups in total. The Morgan fingerprint density at radius 2 is 1.84 bits per heavy atom. The Bertz CT molecular complexity index is 1660. The first-order chi connectivity index (χ1) is 20.9. The first kappa shape index (κ1) is 30.3. The predicted octanol–water partition coefficient (Wildman–Crippen LogP) is 6.22. The lowest BCUT2D eigenvalue weighted by Crippen LogP contribution is -2.27. The van der Waals surface area contributed by atoms with Crippen molar-refractivity contribution in [3.63, 3.8) is 0 Å². The van der Waals surface area contributed by atoms with Gasteiger partial charge in [0.25, 0.3) is 11.6 Å². The Kier molecular flexibility index (Phi) is 9.78. The summed E-state index contributed by atoms with van der Waals surface area (Å²) in [7, 11) is 0. The van der Waals surface area contributed by atoms with Gasteiger partial charge >= 0.3 is 5.97 Å². The lowest BCUT2D eigenvalue weighted by Gasteiger charge is -2.08. The van der Waals surface area contributed by atoms with E-state index in [-0.39, 0.29) is 35.8 Å². The van der Waals surface area contributed by atoms with Crippen molar-refractivity contribution in [1.29, 1.82) is 0 Å². The van der Waals surface area contributed by atoms with Gasteiger partial charge in [0.2, 0.25) is 5.91 Å². The molecule has 2 aromatic heterocycles. The summed E-state index contributed by atoms with van der Waals surface area (Å²) in [6.45, 7) is 2.90. The zero-order valence-electron chi connectivity index (χ0n) is 23.7. The molecule has 224 valence electrons. The second-order valence-corrected chi connectivity index (χ2v) is 12.2. The summed E-state index contributed by atoms with van der Waals surface area (Å²) in [4.78, 5) is 50.9. The molecule has 0 unspecified atom stereocenters. The first-order valence-electron chi connectivity index (χ1n) is 14.2. The van der Waals surface area contributed by atoms with Gasteiger partial charge in [0.15, 0.2) is 0 Å². The van der Waals surface area contributed by atoms with Crippen LogP contribution in [0.2, 0.25) is 0 Å². The van der Waals surface area contributed by atoms with Crippen molar-refractivity contribution in [3.05, 3.63) is 86.4 Å². The fourth-order valence-corrected chi connectivity index (χ4v) is 7.38. The third kappa shape index (κ3) is 7.08. The van der Waals surface area contributed by atoms with Crippen molar-refractivity contribution < 1.29 is 24.0 Å². The summed E-state index contributed by atoms with van der Waals surface area (Å²) in [5.74, 6) is -0.728. The normalized spacial score (nSPS) is 12.8. The highest BCUT2D eigenvalue weighted by Crippen LogP contribution is 2.38. The van der Waals surface area contributed by atoms with Gasteiger partial charge in [-0.1, -0.05) is 24.6 Å². The number of hydrogen-bond acceptors (Lipinski definition) is 8. The average molecular weight is 621 g/mol. The molecular weight excluding hydrogens is 588 g/mol. The number of carbonyl (C=O) groups excluding carboxylic acids is 3. The van der Waals surface area contributed by atoms with Crippen LogP contribution in [0.15, 0.2) is 59.6 Å². The lowest BCUT2D eigenvalue weighted by atomic mass is 10.1. The van der Waals surface area contributed by atoms with E-state index in [1.165, 1.54) is 47.4 Å². The van der Waals surface area contributed by atoms with E-state index < -0.39 is 4.92 Å². The molecule has 4 aromatic rings. The smallest absolute Gasteiger partial charge is 0.341 e. The standard InChI is InChI=1S/C31H32N4O6S2/c1-2-41-31(38)28-23-9-4-3-5-11-25(23)43-30(28)33-27(36)19-42-26-18-34(24-10-7-6-8-22(24)26)17-16-32-29(37)20-12-14-21(15-13-20)35(39)40/h6-8,10,12-15,18H,2-5,9,11,16-17,19H2,1H3,(H,32,37)(H,33,36). The number of nitrogens with zero attached hydrogens (tertiary/aromatic N) is 2. The Labute approximate surface area is 256 Å². The van der Waals surface area contributed by atoms with Crippen LogP contribution in [0.3, 0.4) is 0 Å². The SMILES string of the molecule is CCOC(=O)c1c(NC(=O)CSc2cn(CCNC(=O)c3ccc([N+](=O)[O-])cc3)c3ccccc23)sc2c1CCCCC2. The monoisotopic (exact) mass is 620 g/mol. The van der Waals surface area contributed by atoms with Crippen LogP contribution in [0.1, 0.15) is 57.3 Å². The molecule has 1 aliphatic rings. The predicted molar refractivity (Wildman–Crippen MR) is 168 cm³/mol. The molecule has 0 radical (unpaired) electrons. The molecule has 0 fully saturated rings. The van der Waals surface area contributed by atoms with Crippen LogP contribution < -0.4 is 10.6 Å². The fourth-order valence-electron chi connectivity index (χ4n) is 5.20. The minimum Gasteiger partial charge on any atom is -0.462 e. The zero-order chi connectivity index (χ0) is 30.3. The van der Waals surface area contributed by atoms with Crippen LogP contribution >= 0.6 is 23.1 Å². The fraction of sp³-hybridized carbons (Fsp3) is 0.323. The number of nitro benzene ring substituents is 1. The molecule has 0 saturated carbocycles. The Morgan fingerprint density at radius 3 is 2.60 bits per heavy atom. The Hall–Kier alpha value is -4.16. The Balaban J connectivity index is 1.23. The molecule has 0 aliphatic heterocycles. The maximum Gasteiger partial charge on any atom is 0.341 e. The molecule has 2 heterocycles. The van der Waals surface area contributed by atoms with Crippen LogP contribution in [0.5, 0.6) is 0 Å². The maximum atomic E-state index is 13.1. The summed E-state index contributed by atoms with van der Waals surface area (Å²) in [6, 6.07) is 13.3. The highest BCUT2D eigenvalue weighted by atomic mass is 32.2. The maximum absolute atomic E-state index is 13.1. The number of nitrogens with one attached hydrogen (secondary N) is 2. The van der Waals surface area contributed by atoms with Gasteiger partial charge in [-0.05, 0) is 56.4 Å². The van der Waals surface area contributed by atoms with Gasteiger partial charge in [-0.3, -0.25) is 19.7 Å². The van der Waals surface area contributed by atoms with Gasteiger partial charge in [0, 0.05) is 57.7 Å². The molecule has 0 bridgehead atoms. The van der Waals surface area contributed by atoms with Gasteiger partial charge in [-0.25, -0.2) is 4.79 Å². The number of thioether (sulfide) groups is 1. The second-order valence-electron chi connectivity index (χ2n) is 10.1. The minimum absolute atomic E-state index is 0.0709. The number of aryl methyl sites for hydroxylation is 1. The highest BCUT2D eigenvalue weighted by Gasteiger charge is 2.26. The summed E-state index contributed by atoms with van der Waals surface area (Å²) >= 11 is 2.90. The number of rotatable bonds is 11. The van der Waals surface area contributed by atoms with E-state index in [9.17, 15) is 24.5 Å². The van der Waals surface area contributed by atoms with Crippen molar-refractivity contribution in [2.45, 2.75) is 50.5 Å².